The highest BCUT2D eigenvalue weighted by Gasteiger charge is 2.22. The van der Waals surface area contributed by atoms with Gasteiger partial charge in [-0.05, 0) is 26.8 Å². The Morgan fingerprint density at radius 3 is 3.16 bits per heavy atom. The van der Waals surface area contributed by atoms with Gasteiger partial charge in [0.2, 0.25) is 5.91 Å². The van der Waals surface area contributed by atoms with Gasteiger partial charge in [0.1, 0.15) is 5.82 Å². The third-order valence-electron chi connectivity index (χ3n) is 3.89. The molecule has 1 aliphatic rings. The second kappa shape index (κ2) is 6.70. The standard InChI is InChI=1S/C14H24N4O/c1-3-17-10-8-16-13(17)6-7-14(19)18-9-4-5-12(11-18)15-2/h8,10,12,15H,3-7,9,11H2,1-2H3/t12-/m0/s1. The van der Waals surface area contributed by atoms with E-state index in [2.05, 4.69) is 21.8 Å². The van der Waals surface area contributed by atoms with E-state index in [-0.39, 0.29) is 5.91 Å². The lowest BCUT2D eigenvalue weighted by Gasteiger charge is -2.32. The summed E-state index contributed by atoms with van der Waals surface area (Å²) in [5.74, 6) is 1.27. The lowest BCUT2D eigenvalue weighted by Crippen LogP contribution is -2.47. The van der Waals surface area contributed by atoms with E-state index in [4.69, 9.17) is 0 Å². The van der Waals surface area contributed by atoms with Gasteiger partial charge in [-0.25, -0.2) is 4.98 Å². The molecular weight excluding hydrogens is 240 g/mol. The zero-order valence-electron chi connectivity index (χ0n) is 11.9. The number of aromatic nitrogens is 2. The Kier molecular flexibility index (Phi) is 4.96. The van der Waals surface area contributed by atoms with Crippen LogP contribution in [0, 0.1) is 0 Å². The van der Waals surface area contributed by atoms with Crippen LogP contribution in [0.2, 0.25) is 0 Å². The molecule has 1 aliphatic heterocycles. The fraction of sp³-hybridized carbons (Fsp3) is 0.714. The van der Waals surface area contributed by atoms with Crippen LogP contribution >= 0.6 is 0 Å². The zero-order valence-corrected chi connectivity index (χ0v) is 11.9. The van der Waals surface area contributed by atoms with Gasteiger partial charge in [0.25, 0.3) is 0 Å². The number of aryl methyl sites for hydroxylation is 2. The second-order valence-electron chi connectivity index (χ2n) is 5.10. The van der Waals surface area contributed by atoms with Crippen LogP contribution in [-0.4, -0.2) is 46.5 Å². The molecule has 1 N–H and O–H groups in total. The molecule has 1 aromatic heterocycles. The SMILES string of the molecule is CCn1ccnc1CCC(=O)N1CCC[C@H](NC)C1. The summed E-state index contributed by atoms with van der Waals surface area (Å²) in [6, 6.07) is 0.454. The number of rotatable bonds is 5. The number of carbonyl (C=O) groups is 1. The van der Waals surface area contributed by atoms with Gasteiger partial charge in [0.15, 0.2) is 0 Å². The molecule has 2 rings (SSSR count). The van der Waals surface area contributed by atoms with Crippen molar-refractivity contribution in [2.45, 2.75) is 45.2 Å². The highest BCUT2D eigenvalue weighted by atomic mass is 16.2. The summed E-state index contributed by atoms with van der Waals surface area (Å²) in [6.07, 6.45) is 7.34. The number of amides is 1. The summed E-state index contributed by atoms with van der Waals surface area (Å²) in [4.78, 5) is 18.5. The lowest BCUT2D eigenvalue weighted by atomic mass is 10.1. The molecule has 0 saturated carbocycles. The molecule has 5 heteroatoms. The van der Waals surface area contributed by atoms with Crippen molar-refractivity contribution in [3.05, 3.63) is 18.2 Å². The summed E-state index contributed by atoms with van der Waals surface area (Å²) in [7, 11) is 1.97. The van der Waals surface area contributed by atoms with Gasteiger partial charge in [-0.2, -0.15) is 0 Å². The highest BCUT2D eigenvalue weighted by molar-refractivity contribution is 5.76. The molecule has 2 heterocycles. The van der Waals surface area contributed by atoms with E-state index in [1.54, 1.807) is 6.20 Å². The maximum absolute atomic E-state index is 12.2. The number of likely N-dealkylation sites (tertiary alicyclic amines) is 1. The minimum Gasteiger partial charge on any atom is -0.341 e. The molecule has 0 unspecified atom stereocenters. The number of nitrogens with zero attached hydrogens (tertiary/aromatic N) is 3. The Labute approximate surface area is 115 Å². The number of hydrogen-bond acceptors (Lipinski definition) is 3. The number of nitrogens with one attached hydrogen (secondary N) is 1. The minimum atomic E-state index is 0.255. The molecule has 19 heavy (non-hydrogen) atoms. The van der Waals surface area contributed by atoms with Gasteiger partial charge in [0, 0.05) is 50.9 Å². The van der Waals surface area contributed by atoms with Gasteiger partial charge >= 0.3 is 0 Å². The predicted octanol–water partition coefficient (Wildman–Crippen LogP) is 1.05. The van der Waals surface area contributed by atoms with Crippen molar-refractivity contribution < 1.29 is 4.79 Å². The summed E-state index contributed by atoms with van der Waals surface area (Å²) < 4.78 is 2.10. The largest absolute Gasteiger partial charge is 0.341 e. The summed E-state index contributed by atoms with van der Waals surface area (Å²) >= 11 is 0. The third-order valence-corrected chi connectivity index (χ3v) is 3.89. The van der Waals surface area contributed by atoms with E-state index in [0.717, 1.165) is 38.3 Å². The topological polar surface area (TPSA) is 50.2 Å². The van der Waals surface area contributed by atoms with Crippen molar-refractivity contribution in [3.63, 3.8) is 0 Å². The van der Waals surface area contributed by atoms with E-state index in [1.807, 2.05) is 18.1 Å². The van der Waals surface area contributed by atoms with E-state index >= 15 is 0 Å². The Bertz CT molecular complexity index is 415. The van der Waals surface area contributed by atoms with Crippen LogP contribution < -0.4 is 5.32 Å². The van der Waals surface area contributed by atoms with Crippen LogP contribution in [0.3, 0.4) is 0 Å². The molecule has 0 bridgehead atoms. The van der Waals surface area contributed by atoms with Gasteiger partial charge < -0.3 is 14.8 Å². The van der Waals surface area contributed by atoms with Crippen LogP contribution in [0.1, 0.15) is 32.0 Å². The number of piperidine rings is 1. The molecule has 0 spiro atoms. The molecule has 1 fully saturated rings. The van der Waals surface area contributed by atoms with Gasteiger partial charge in [0.05, 0.1) is 0 Å². The molecule has 0 radical (unpaired) electrons. The van der Waals surface area contributed by atoms with Crippen LogP contribution in [0.25, 0.3) is 0 Å². The third kappa shape index (κ3) is 3.56. The maximum atomic E-state index is 12.2. The van der Waals surface area contributed by atoms with Crippen LogP contribution in [0.5, 0.6) is 0 Å². The smallest absolute Gasteiger partial charge is 0.223 e. The van der Waals surface area contributed by atoms with Gasteiger partial charge in [-0.1, -0.05) is 0 Å². The fourth-order valence-corrected chi connectivity index (χ4v) is 2.67. The lowest BCUT2D eigenvalue weighted by molar-refractivity contribution is -0.132. The highest BCUT2D eigenvalue weighted by Crippen LogP contribution is 2.12. The first kappa shape index (κ1) is 14.1. The van der Waals surface area contributed by atoms with Crippen molar-refractivity contribution >= 4 is 5.91 Å². The molecule has 1 aromatic rings. The van der Waals surface area contributed by atoms with Crippen LogP contribution in [-0.2, 0) is 17.8 Å². The Balaban J connectivity index is 1.84. The van der Waals surface area contributed by atoms with Gasteiger partial charge in [-0.3, -0.25) is 4.79 Å². The molecule has 1 amide bonds. The fourth-order valence-electron chi connectivity index (χ4n) is 2.67. The monoisotopic (exact) mass is 264 g/mol. The first-order valence-electron chi connectivity index (χ1n) is 7.19. The molecule has 5 nitrogen and oxygen atoms in total. The Hall–Kier alpha value is -1.36. The van der Waals surface area contributed by atoms with E-state index in [0.29, 0.717) is 12.5 Å². The molecule has 1 atom stereocenters. The number of hydrogen-bond donors (Lipinski definition) is 1. The second-order valence-corrected chi connectivity index (χ2v) is 5.10. The van der Waals surface area contributed by atoms with Crippen LogP contribution in [0.15, 0.2) is 12.4 Å². The average Bonchev–Trinajstić information content (AvgIpc) is 2.92. The van der Waals surface area contributed by atoms with Crippen molar-refractivity contribution in [2.24, 2.45) is 0 Å². The Morgan fingerprint density at radius 1 is 1.58 bits per heavy atom. The zero-order chi connectivity index (χ0) is 13.7. The number of imidazole rings is 1. The quantitative estimate of drug-likeness (QED) is 0.864. The summed E-state index contributed by atoms with van der Waals surface area (Å²) in [6.45, 7) is 4.75. The van der Waals surface area contributed by atoms with E-state index in [9.17, 15) is 4.79 Å². The number of likely N-dealkylation sites (N-methyl/N-ethyl adjacent to an activating group) is 1. The van der Waals surface area contributed by atoms with Crippen LogP contribution in [0.4, 0.5) is 0 Å². The maximum Gasteiger partial charge on any atom is 0.223 e. The predicted molar refractivity (Wildman–Crippen MR) is 74.9 cm³/mol. The normalized spacial score (nSPS) is 19.7. The molecule has 0 aromatic carbocycles. The van der Waals surface area contributed by atoms with Crippen molar-refractivity contribution in [1.29, 1.82) is 0 Å². The molecule has 1 saturated heterocycles. The molecule has 0 aliphatic carbocycles. The Morgan fingerprint density at radius 2 is 2.42 bits per heavy atom. The first-order chi connectivity index (χ1) is 9.24. The first-order valence-corrected chi connectivity index (χ1v) is 7.19. The van der Waals surface area contributed by atoms with Crippen molar-refractivity contribution in [1.82, 2.24) is 19.8 Å². The summed E-state index contributed by atoms with van der Waals surface area (Å²) in [5, 5.41) is 3.27. The van der Waals surface area contributed by atoms with E-state index < -0.39 is 0 Å². The average molecular weight is 264 g/mol. The molecular formula is C14H24N4O. The van der Waals surface area contributed by atoms with Crippen molar-refractivity contribution in [3.8, 4) is 0 Å². The minimum absolute atomic E-state index is 0.255. The summed E-state index contributed by atoms with van der Waals surface area (Å²) in [5.41, 5.74) is 0. The van der Waals surface area contributed by atoms with E-state index in [1.165, 1.54) is 6.42 Å². The number of carbonyl (C=O) groups excluding carboxylic acids is 1. The van der Waals surface area contributed by atoms with Gasteiger partial charge in [-0.15, -0.1) is 0 Å². The molecule has 106 valence electrons. The van der Waals surface area contributed by atoms with Crippen molar-refractivity contribution in [2.75, 3.05) is 20.1 Å².